The lowest BCUT2D eigenvalue weighted by molar-refractivity contribution is -0.0230. The van der Waals surface area contributed by atoms with Crippen LogP contribution in [0.25, 0.3) is 6.08 Å². The van der Waals surface area contributed by atoms with Crippen LogP contribution >= 0.6 is 0 Å². The number of aryl methyl sites for hydroxylation is 1. The van der Waals surface area contributed by atoms with Crippen LogP contribution in [-0.4, -0.2) is 33.3 Å². The van der Waals surface area contributed by atoms with E-state index in [2.05, 4.69) is 13.8 Å². The lowest BCUT2D eigenvalue weighted by atomic mass is 9.93. The van der Waals surface area contributed by atoms with Crippen molar-refractivity contribution in [2.45, 2.75) is 64.3 Å². The molecule has 2 aromatic carbocycles. The van der Waals surface area contributed by atoms with E-state index in [0.717, 1.165) is 35.3 Å². The van der Waals surface area contributed by atoms with E-state index in [1.54, 1.807) is 26.0 Å². The van der Waals surface area contributed by atoms with Gasteiger partial charge in [0.15, 0.2) is 5.78 Å². The standard InChI is InChI=1S/C25H28O5/c1-24(2)10-9-16-11-15(6-8-21(16)30-24)5-7-19(26)18-12-17-13-23(25(3,4)28)29-22(17)14-20(18)27/h5-8,11-12,14,23,27-28H,9-10,13H2,1-4H3/b7-5+. The van der Waals surface area contributed by atoms with Gasteiger partial charge in [-0.05, 0) is 81.5 Å². The Morgan fingerprint density at radius 1 is 1.17 bits per heavy atom. The maximum atomic E-state index is 12.7. The summed E-state index contributed by atoms with van der Waals surface area (Å²) in [4.78, 5) is 12.7. The Morgan fingerprint density at radius 2 is 1.93 bits per heavy atom. The third-order valence-electron chi connectivity index (χ3n) is 5.80. The summed E-state index contributed by atoms with van der Waals surface area (Å²) in [6, 6.07) is 9.03. The van der Waals surface area contributed by atoms with Crippen LogP contribution < -0.4 is 9.47 Å². The van der Waals surface area contributed by atoms with Gasteiger partial charge in [0, 0.05) is 12.5 Å². The molecule has 5 nitrogen and oxygen atoms in total. The number of hydrogen-bond donors (Lipinski definition) is 2. The number of phenols is 1. The molecule has 2 aliphatic rings. The first-order chi connectivity index (χ1) is 14.0. The third-order valence-corrected chi connectivity index (χ3v) is 5.80. The molecule has 5 heteroatoms. The van der Waals surface area contributed by atoms with Crippen molar-refractivity contribution in [1.82, 2.24) is 0 Å². The maximum absolute atomic E-state index is 12.7. The van der Waals surface area contributed by atoms with Crippen molar-refractivity contribution >= 4 is 11.9 Å². The molecule has 2 N–H and O–H groups in total. The first-order valence-corrected chi connectivity index (χ1v) is 10.3. The molecule has 30 heavy (non-hydrogen) atoms. The predicted molar refractivity (Wildman–Crippen MR) is 115 cm³/mol. The molecule has 0 radical (unpaired) electrons. The second kappa shape index (κ2) is 7.17. The molecule has 1 unspecified atom stereocenters. The molecule has 0 amide bonds. The van der Waals surface area contributed by atoms with Crippen molar-refractivity contribution in [1.29, 1.82) is 0 Å². The van der Waals surface area contributed by atoms with E-state index in [0.29, 0.717) is 12.2 Å². The number of rotatable bonds is 4. The van der Waals surface area contributed by atoms with Crippen molar-refractivity contribution in [3.63, 3.8) is 0 Å². The molecule has 1 atom stereocenters. The fourth-order valence-electron chi connectivity index (χ4n) is 3.91. The van der Waals surface area contributed by atoms with Gasteiger partial charge in [-0.1, -0.05) is 12.1 Å². The van der Waals surface area contributed by atoms with Crippen LogP contribution in [0.5, 0.6) is 17.2 Å². The lowest BCUT2D eigenvalue weighted by Gasteiger charge is -2.32. The number of allylic oxidation sites excluding steroid dienone is 1. The number of benzene rings is 2. The van der Waals surface area contributed by atoms with Crippen molar-refractivity contribution in [3.05, 3.63) is 58.7 Å². The number of aromatic hydroxyl groups is 1. The van der Waals surface area contributed by atoms with Gasteiger partial charge in [0.05, 0.1) is 11.2 Å². The highest BCUT2D eigenvalue weighted by atomic mass is 16.5. The molecular formula is C25H28O5. The number of hydrogen-bond acceptors (Lipinski definition) is 5. The monoisotopic (exact) mass is 408 g/mol. The van der Waals surface area contributed by atoms with E-state index in [4.69, 9.17) is 9.47 Å². The fraction of sp³-hybridized carbons (Fsp3) is 0.400. The van der Waals surface area contributed by atoms with Gasteiger partial charge in [0.1, 0.15) is 29.0 Å². The van der Waals surface area contributed by atoms with Crippen molar-refractivity contribution in [2.24, 2.45) is 0 Å². The highest BCUT2D eigenvalue weighted by Crippen LogP contribution is 2.38. The first-order valence-electron chi connectivity index (χ1n) is 10.3. The lowest BCUT2D eigenvalue weighted by Crippen LogP contribution is -2.39. The van der Waals surface area contributed by atoms with Gasteiger partial charge in [-0.2, -0.15) is 0 Å². The van der Waals surface area contributed by atoms with E-state index in [1.165, 1.54) is 12.1 Å². The van der Waals surface area contributed by atoms with Crippen LogP contribution in [0.3, 0.4) is 0 Å². The number of fused-ring (bicyclic) bond motifs is 2. The van der Waals surface area contributed by atoms with Crippen LogP contribution in [0, 0.1) is 0 Å². The van der Waals surface area contributed by atoms with E-state index in [-0.39, 0.29) is 22.7 Å². The topological polar surface area (TPSA) is 76.0 Å². The molecule has 0 aromatic heterocycles. The Morgan fingerprint density at radius 3 is 2.67 bits per heavy atom. The molecule has 0 bridgehead atoms. The van der Waals surface area contributed by atoms with E-state index < -0.39 is 11.7 Å². The highest BCUT2D eigenvalue weighted by Gasteiger charge is 2.35. The first kappa shape index (κ1) is 20.5. The normalized spacial score (nSPS) is 19.7. The van der Waals surface area contributed by atoms with Crippen molar-refractivity contribution < 1.29 is 24.5 Å². The zero-order valence-electron chi connectivity index (χ0n) is 17.9. The average Bonchev–Trinajstić information content (AvgIpc) is 3.08. The van der Waals surface area contributed by atoms with Gasteiger partial charge in [0.2, 0.25) is 0 Å². The second-order valence-electron chi connectivity index (χ2n) is 9.37. The maximum Gasteiger partial charge on any atom is 0.189 e. The molecule has 0 saturated carbocycles. The third kappa shape index (κ3) is 4.08. The van der Waals surface area contributed by atoms with Gasteiger partial charge >= 0.3 is 0 Å². The van der Waals surface area contributed by atoms with Gasteiger partial charge in [-0.3, -0.25) is 4.79 Å². The summed E-state index contributed by atoms with van der Waals surface area (Å²) in [5, 5.41) is 20.5. The summed E-state index contributed by atoms with van der Waals surface area (Å²) >= 11 is 0. The Hall–Kier alpha value is -2.79. The van der Waals surface area contributed by atoms with Gasteiger partial charge in [-0.15, -0.1) is 0 Å². The number of ketones is 1. The summed E-state index contributed by atoms with van der Waals surface area (Å²) in [7, 11) is 0. The molecular weight excluding hydrogens is 380 g/mol. The number of carbonyl (C=O) groups excluding carboxylic acids is 1. The zero-order valence-corrected chi connectivity index (χ0v) is 17.9. The summed E-state index contributed by atoms with van der Waals surface area (Å²) in [6.45, 7) is 7.53. The van der Waals surface area contributed by atoms with Gasteiger partial charge < -0.3 is 19.7 Å². The Kier molecular flexibility index (Phi) is 4.89. The summed E-state index contributed by atoms with van der Waals surface area (Å²) in [6.07, 6.45) is 5.19. The summed E-state index contributed by atoms with van der Waals surface area (Å²) in [5.74, 6) is 1.00. The number of ether oxygens (including phenoxy) is 2. The fourth-order valence-corrected chi connectivity index (χ4v) is 3.91. The SMILES string of the molecule is CC1(C)CCc2cc(/C=C/C(=O)c3cc4c(cc3O)OC(C(C)(C)O)C4)ccc2O1. The largest absolute Gasteiger partial charge is 0.507 e. The van der Waals surface area contributed by atoms with Crippen LogP contribution in [0.1, 0.15) is 61.2 Å². The van der Waals surface area contributed by atoms with Crippen molar-refractivity contribution in [2.75, 3.05) is 0 Å². The molecule has 2 aliphatic heterocycles. The van der Waals surface area contributed by atoms with E-state index >= 15 is 0 Å². The Balaban J connectivity index is 1.52. The summed E-state index contributed by atoms with van der Waals surface area (Å²) < 4.78 is 11.7. The van der Waals surface area contributed by atoms with E-state index in [1.807, 2.05) is 18.2 Å². The van der Waals surface area contributed by atoms with Crippen LogP contribution in [0.2, 0.25) is 0 Å². The Bertz CT molecular complexity index is 1030. The second-order valence-corrected chi connectivity index (χ2v) is 9.37. The molecule has 2 aromatic rings. The molecule has 0 fully saturated rings. The molecule has 0 aliphatic carbocycles. The van der Waals surface area contributed by atoms with Crippen molar-refractivity contribution in [3.8, 4) is 17.2 Å². The van der Waals surface area contributed by atoms with Gasteiger partial charge in [-0.25, -0.2) is 0 Å². The molecule has 2 heterocycles. The van der Waals surface area contributed by atoms with Crippen LogP contribution in [0.15, 0.2) is 36.4 Å². The highest BCUT2D eigenvalue weighted by molar-refractivity contribution is 6.08. The number of phenolic OH excluding ortho intramolecular Hbond substituents is 1. The minimum absolute atomic E-state index is 0.124. The number of aliphatic hydroxyl groups is 1. The van der Waals surface area contributed by atoms with E-state index in [9.17, 15) is 15.0 Å². The van der Waals surface area contributed by atoms with Crippen LogP contribution in [0.4, 0.5) is 0 Å². The van der Waals surface area contributed by atoms with Crippen LogP contribution in [-0.2, 0) is 12.8 Å². The quantitative estimate of drug-likeness (QED) is 0.577. The molecule has 0 saturated heterocycles. The molecule has 158 valence electrons. The molecule has 4 rings (SSSR count). The minimum atomic E-state index is -1.01. The van der Waals surface area contributed by atoms with Gasteiger partial charge in [0.25, 0.3) is 0 Å². The minimum Gasteiger partial charge on any atom is -0.507 e. The zero-order chi connectivity index (χ0) is 21.7. The predicted octanol–water partition coefficient (Wildman–Crippen LogP) is 4.47. The Labute approximate surface area is 177 Å². The average molecular weight is 408 g/mol. The molecule has 0 spiro atoms. The smallest absolute Gasteiger partial charge is 0.189 e. The number of carbonyl (C=O) groups is 1. The summed E-state index contributed by atoms with van der Waals surface area (Å²) in [5.41, 5.74) is 1.93.